The molecule has 1 aliphatic rings. The molecule has 1 aromatic rings. The van der Waals surface area contributed by atoms with E-state index in [9.17, 15) is 22.8 Å². The molecular formula is C16H19NO6S2. The van der Waals surface area contributed by atoms with Crippen LogP contribution in [0.2, 0.25) is 0 Å². The number of esters is 1. The van der Waals surface area contributed by atoms with Crippen molar-refractivity contribution in [1.29, 1.82) is 0 Å². The average molecular weight is 385 g/mol. The lowest BCUT2D eigenvalue weighted by Crippen LogP contribution is -2.17. The maximum atomic E-state index is 12.0. The van der Waals surface area contributed by atoms with E-state index in [0.717, 1.165) is 0 Å². The molecule has 1 heterocycles. The molecule has 2 rings (SSSR count). The predicted molar refractivity (Wildman–Crippen MR) is 95.6 cm³/mol. The van der Waals surface area contributed by atoms with Gasteiger partial charge in [-0.1, -0.05) is 0 Å². The molecule has 1 saturated heterocycles. The van der Waals surface area contributed by atoms with Crippen LogP contribution in [-0.4, -0.2) is 55.2 Å². The quantitative estimate of drug-likeness (QED) is 0.557. The summed E-state index contributed by atoms with van der Waals surface area (Å²) < 4.78 is 27.6. The Hall–Kier alpha value is -1.87. The second kappa shape index (κ2) is 8.48. The molecule has 136 valence electrons. The number of rotatable bonds is 7. The second-order valence-corrected chi connectivity index (χ2v) is 9.20. The van der Waals surface area contributed by atoms with Crippen molar-refractivity contribution >= 4 is 44.9 Å². The van der Waals surface area contributed by atoms with Gasteiger partial charge in [0.1, 0.15) is 0 Å². The minimum atomic E-state index is -2.97. The monoisotopic (exact) mass is 385 g/mol. The molecule has 0 radical (unpaired) electrons. The molecule has 0 aromatic heterocycles. The van der Waals surface area contributed by atoms with E-state index in [1.54, 1.807) is 24.3 Å². The van der Waals surface area contributed by atoms with Crippen molar-refractivity contribution in [2.45, 2.75) is 18.6 Å². The first-order valence-corrected chi connectivity index (χ1v) is 10.5. The number of ketones is 1. The van der Waals surface area contributed by atoms with Gasteiger partial charge in [0.15, 0.2) is 22.2 Å². The highest BCUT2D eigenvalue weighted by molar-refractivity contribution is 8.02. The summed E-state index contributed by atoms with van der Waals surface area (Å²) in [4.78, 5) is 34.6. The molecule has 1 amide bonds. The lowest BCUT2D eigenvalue weighted by atomic mass is 10.1. The van der Waals surface area contributed by atoms with Gasteiger partial charge in [0.25, 0.3) is 0 Å². The molecule has 1 aromatic carbocycles. The van der Waals surface area contributed by atoms with Gasteiger partial charge < -0.3 is 10.1 Å². The number of carbonyl (C=O) groups is 3. The molecule has 0 spiro atoms. The highest BCUT2D eigenvalue weighted by Crippen LogP contribution is 2.24. The van der Waals surface area contributed by atoms with Crippen molar-refractivity contribution < 1.29 is 27.5 Å². The SMILES string of the molecule is CC(=O)Nc1ccc(C(=O)COC(=O)CS[C@H]2CCS(=O)(=O)C2)cc1. The maximum Gasteiger partial charge on any atom is 0.316 e. The van der Waals surface area contributed by atoms with E-state index in [0.29, 0.717) is 17.7 Å². The predicted octanol–water partition coefficient (Wildman–Crippen LogP) is 1.29. The minimum absolute atomic E-state index is 0.0228. The smallest absolute Gasteiger partial charge is 0.316 e. The van der Waals surface area contributed by atoms with E-state index in [1.165, 1.54) is 18.7 Å². The van der Waals surface area contributed by atoms with Crippen molar-refractivity contribution in [3.05, 3.63) is 29.8 Å². The number of carbonyl (C=O) groups excluding carboxylic acids is 3. The van der Waals surface area contributed by atoms with Crippen molar-refractivity contribution in [2.24, 2.45) is 0 Å². The first-order valence-electron chi connectivity index (χ1n) is 7.64. The van der Waals surface area contributed by atoms with Crippen LogP contribution in [0.4, 0.5) is 5.69 Å². The van der Waals surface area contributed by atoms with Gasteiger partial charge in [0.2, 0.25) is 5.91 Å². The van der Waals surface area contributed by atoms with Crippen LogP contribution >= 0.6 is 11.8 Å². The van der Waals surface area contributed by atoms with Crippen molar-refractivity contribution in [1.82, 2.24) is 0 Å². The van der Waals surface area contributed by atoms with E-state index >= 15 is 0 Å². The first kappa shape index (κ1) is 19.5. The summed E-state index contributed by atoms with van der Waals surface area (Å²) in [6.07, 6.45) is 0.542. The van der Waals surface area contributed by atoms with E-state index in [1.807, 2.05) is 0 Å². The van der Waals surface area contributed by atoms with Crippen LogP contribution in [0, 0.1) is 0 Å². The van der Waals surface area contributed by atoms with E-state index in [4.69, 9.17) is 4.74 Å². The minimum Gasteiger partial charge on any atom is -0.457 e. The third kappa shape index (κ3) is 6.50. The van der Waals surface area contributed by atoms with Gasteiger partial charge in [-0.2, -0.15) is 0 Å². The van der Waals surface area contributed by atoms with E-state index in [-0.39, 0.29) is 40.8 Å². The first-order chi connectivity index (χ1) is 11.7. The number of hydrogen-bond donors (Lipinski definition) is 1. The van der Waals surface area contributed by atoms with Gasteiger partial charge in [0.05, 0.1) is 17.3 Å². The Morgan fingerprint density at radius 3 is 2.48 bits per heavy atom. The summed E-state index contributed by atoms with van der Waals surface area (Å²) in [6.45, 7) is 1.01. The fourth-order valence-electron chi connectivity index (χ4n) is 2.29. The van der Waals surface area contributed by atoms with Crippen molar-refractivity contribution in [2.75, 3.05) is 29.2 Å². The topological polar surface area (TPSA) is 107 Å². The Kier molecular flexibility index (Phi) is 6.60. The number of amides is 1. The summed E-state index contributed by atoms with van der Waals surface area (Å²) in [5, 5.41) is 2.50. The second-order valence-electron chi connectivity index (χ2n) is 5.68. The van der Waals surface area contributed by atoms with Gasteiger partial charge in [0, 0.05) is 23.4 Å². The van der Waals surface area contributed by atoms with Crippen molar-refractivity contribution in [3.63, 3.8) is 0 Å². The lowest BCUT2D eigenvalue weighted by molar-refractivity contribution is -0.139. The van der Waals surface area contributed by atoms with Gasteiger partial charge >= 0.3 is 5.97 Å². The number of hydrogen-bond acceptors (Lipinski definition) is 7. The Morgan fingerprint density at radius 1 is 1.24 bits per heavy atom. The molecular weight excluding hydrogens is 366 g/mol. The van der Waals surface area contributed by atoms with Gasteiger partial charge in [-0.05, 0) is 30.7 Å². The fourth-order valence-corrected chi connectivity index (χ4v) is 5.73. The molecule has 1 aliphatic heterocycles. The summed E-state index contributed by atoms with van der Waals surface area (Å²) in [5.41, 5.74) is 0.945. The number of Topliss-reactive ketones (excluding diaryl/α,β-unsaturated/α-hetero) is 1. The van der Waals surface area contributed by atoms with Gasteiger partial charge in [-0.3, -0.25) is 14.4 Å². The molecule has 1 fully saturated rings. The largest absolute Gasteiger partial charge is 0.457 e. The van der Waals surface area contributed by atoms with Crippen LogP contribution in [0.5, 0.6) is 0 Å². The third-order valence-electron chi connectivity index (χ3n) is 3.52. The summed E-state index contributed by atoms with van der Waals surface area (Å²) >= 11 is 1.24. The van der Waals surface area contributed by atoms with Gasteiger partial charge in [-0.25, -0.2) is 8.42 Å². The van der Waals surface area contributed by atoms with Crippen LogP contribution in [0.1, 0.15) is 23.7 Å². The van der Waals surface area contributed by atoms with Crippen LogP contribution in [0.15, 0.2) is 24.3 Å². The summed E-state index contributed by atoms with van der Waals surface area (Å²) in [5.74, 6) is -0.833. The average Bonchev–Trinajstić information content (AvgIpc) is 2.90. The normalized spacial score (nSPS) is 18.5. The Bertz CT molecular complexity index is 757. The van der Waals surface area contributed by atoms with E-state index in [2.05, 4.69) is 5.32 Å². The Morgan fingerprint density at radius 2 is 1.92 bits per heavy atom. The van der Waals surface area contributed by atoms with Crippen molar-refractivity contribution in [3.8, 4) is 0 Å². The fraction of sp³-hybridized carbons (Fsp3) is 0.438. The van der Waals surface area contributed by atoms with Crippen LogP contribution < -0.4 is 5.32 Å². The molecule has 25 heavy (non-hydrogen) atoms. The molecule has 9 heteroatoms. The van der Waals surface area contributed by atoms with Crippen LogP contribution in [0.3, 0.4) is 0 Å². The molecule has 1 N–H and O–H groups in total. The molecule has 7 nitrogen and oxygen atoms in total. The van der Waals surface area contributed by atoms with Crippen LogP contribution in [-0.2, 0) is 24.2 Å². The van der Waals surface area contributed by atoms with Crippen LogP contribution in [0.25, 0.3) is 0 Å². The summed E-state index contributed by atoms with van der Waals surface area (Å²) in [7, 11) is -2.97. The highest BCUT2D eigenvalue weighted by Gasteiger charge is 2.28. The summed E-state index contributed by atoms with van der Waals surface area (Å²) in [6, 6.07) is 6.26. The molecule has 0 saturated carbocycles. The number of ether oxygens (including phenoxy) is 1. The number of sulfone groups is 1. The third-order valence-corrected chi connectivity index (χ3v) is 6.77. The molecule has 1 atom stereocenters. The molecule has 0 aliphatic carbocycles. The lowest BCUT2D eigenvalue weighted by Gasteiger charge is -2.08. The maximum absolute atomic E-state index is 12.0. The zero-order valence-electron chi connectivity index (χ0n) is 13.7. The number of benzene rings is 1. The van der Waals surface area contributed by atoms with Gasteiger partial charge in [-0.15, -0.1) is 11.8 Å². The number of nitrogens with one attached hydrogen (secondary N) is 1. The molecule has 0 bridgehead atoms. The Balaban J connectivity index is 1.73. The Labute approximate surface area is 150 Å². The highest BCUT2D eigenvalue weighted by atomic mass is 32.2. The zero-order chi connectivity index (χ0) is 18.4. The van der Waals surface area contributed by atoms with E-state index < -0.39 is 15.8 Å². The standard InChI is InChI=1S/C16H19NO6S2/c1-11(18)17-13-4-2-12(3-5-13)15(19)8-23-16(20)9-24-14-6-7-25(21,22)10-14/h2-5,14H,6-10H2,1H3,(H,17,18)/t14-/m0/s1. The number of thioether (sulfide) groups is 1. The number of anilines is 1. The zero-order valence-corrected chi connectivity index (χ0v) is 15.3. The molecule has 0 unspecified atom stereocenters.